The van der Waals surface area contributed by atoms with Gasteiger partial charge >= 0.3 is 5.69 Å². The van der Waals surface area contributed by atoms with Gasteiger partial charge in [0.2, 0.25) is 5.91 Å². The van der Waals surface area contributed by atoms with Crippen LogP contribution < -0.4 is 5.69 Å². The van der Waals surface area contributed by atoms with Crippen molar-refractivity contribution in [2.75, 3.05) is 6.54 Å². The third kappa shape index (κ3) is 3.68. The molecule has 1 saturated heterocycles. The molecule has 140 valence electrons. The Bertz CT molecular complexity index is 854. The first-order valence-electron chi connectivity index (χ1n) is 9.13. The fourth-order valence-corrected chi connectivity index (χ4v) is 3.40. The minimum Gasteiger partial charge on any atom is -0.331 e. The third-order valence-electron chi connectivity index (χ3n) is 4.81. The van der Waals surface area contributed by atoms with Crippen LogP contribution in [0.15, 0.2) is 10.9 Å². The first-order chi connectivity index (χ1) is 12.4. The standard InChI is InChI=1S/C18H26N6O2/c1-11(2)16-20-17(22-21-16)14-7-5-6-8-23(14)15(25)10-24-13(4)9-12(3)19-18(24)26/h9,11,14H,5-8,10H2,1-4H3,(H,20,21,22)/t14-/m1/s1. The SMILES string of the molecule is Cc1cc(C)n(CC(=O)N2CCCC[C@@H]2c2nc(C(C)C)n[nH]2)c(=O)n1. The van der Waals surface area contributed by atoms with Crippen LogP contribution in [0, 0.1) is 13.8 Å². The Labute approximate surface area is 152 Å². The monoisotopic (exact) mass is 358 g/mol. The lowest BCUT2D eigenvalue weighted by molar-refractivity contribution is -0.136. The molecule has 0 aliphatic carbocycles. The Hall–Kier alpha value is -2.51. The summed E-state index contributed by atoms with van der Waals surface area (Å²) >= 11 is 0. The molecule has 0 unspecified atom stereocenters. The third-order valence-corrected chi connectivity index (χ3v) is 4.81. The highest BCUT2D eigenvalue weighted by Gasteiger charge is 2.31. The number of nitrogens with one attached hydrogen (secondary N) is 1. The molecule has 8 nitrogen and oxygen atoms in total. The van der Waals surface area contributed by atoms with Crippen molar-refractivity contribution < 1.29 is 4.79 Å². The van der Waals surface area contributed by atoms with Crippen molar-refractivity contribution in [1.82, 2.24) is 29.6 Å². The van der Waals surface area contributed by atoms with Crippen molar-refractivity contribution in [3.8, 4) is 0 Å². The highest BCUT2D eigenvalue weighted by Crippen LogP contribution is 2.29. The zero-order valence-corrected chi connectivity index (χ0v) is 15.8. The highest BCUT2D eigenvalue weighted by atomic mass is 16.2. The summed E-state index contributed by atoms with van der Waals surface area (Å²) in [5, 5.41) is 7.27. The molecule has 0 spiro atoms. The minimum absolute atomic E-state index is 0.000375. The number of carbonyl (C=O) groups is 1. The summed E-state index contributed by atoms with van der Waals surface area (Å²) in [5.74, 6) is 1.63. The Kier molecular flexibility index (Phi) is 5.20. The molecule has 1 atom stereocenters. The quantitative estimate of drug-likeness (QED) is 0.900. The van der Waals surface area contributed by atoms with E-state index in [0.717, 1.165) is 36.6 Å². The van der Waals surface area contributed by atoms with Crippen molar-refractivity contribution in [2.24, 2.45) is 0 Å². The fraction of sp³-hybridized carbons (Fsp3) is 0.611. The number of aromatic nitrogens is 5. The number of likely N-dealkylation sites (tertiary alicyclic amines) is 1. The zero-order valence-electron chi connectivity index (χ0n) is 15.8. The number of H-pyrrole nitrogens is 1. The van der Waals surface area contributed by atoms with E-state index in [1.165, 1.54) is 4.57 Å². The number of carbonyl (C=O) groups excluding carboxylic acids is 1. The molecule has 0 bridgehead atoms. The van der Waals surface area contributed by atoms with Gasteiger partial charge in [-0.3, -0.25) is 14.5 Å². The van der Waals surface area contributed by atoms with E-state index in [-0.39, 0.29) is 30.1 Å². The van der Waals surface area contributed by atoms with Crippen LogP contribution in [0.1, 0.15) is 68.1 Å². The van der Waals surface area contributed by atoms with Gasteiger partial charge in [0, 0.05) is 23.9 Å². The van der Waals surface area contributed by atoms with Crippen molar-refractivity contribution in [3.63, 3.8) is 0 Å². The van der Waals surface area contributed by atoms with E-state index in [1.807, 2.05) is 31.7 Å². The summed E-state index contributed by atoms with van der Waals surface area (Å²) in [5.41, 5.74) is 1.02. The number of hydrogen-bond acceptors (Lipinski definition) is 5. The summed E-state index contributed by atoms with van der Waals surface area (Å²) in [4.78, 5) is 35.5. The molecule has 3 heterocycles. The number of piperidine rings is 1. The second kappa shape index (κ2) is 7.39. The van der Waals surface area contributed by atoms with E-state index in [9.17, 15) is 9.59 Å². The van der Waals surface area contributed by atoms with Crippen molar-refractivity contribution in [1.29, 1.82) is 0 Å². The molecule has 1 fully saturated rings. The van der Waals surface area contributed by atoms with Gasteiger partial charge in [0.1, 0.15) is 12.4 Å². The van der Waals surface area contributed by atoms with Crippen molar-refractivity contribution in [2.45, 2.75) is 65.5 Å². The van der Waals surface area contributed by atoms with Gasteiger partial charge in [-0.15, -0.1) is 0 Å². The van der Waals surface area contributed by atoms with Crippen LogP contribution in [-0.2, 0) is 11.3 Å². The average Bonchev–Trinajstić information content (AvgIpc) is 3.08. The number of hydrogen-bond donors (Lipinski definition) is 1. The summed E-state index contributed by atoms with van der Waals surface area (Å²) in [6, 6.07) is 1.69. The summed E-state index contributed by atoms with van der Waals surface area (Å²) < 4.78 is 1.43. The highest BCUT2D eigenvalue weighted by molar-refractivity contribution is 5.76. The van der Waals surface area contributed by atoms with E-state index < -0.39 is 0 Å². The van der Waals surface area contributed by atoms with Crippen LogP contribution in [0.25, 0.3) is 0 Å². The van der Waals surface area contributed by atoms with Gasteiger partial charge in [0.05, 0.1) is 6.04 Å². The van der Waals surface area contributed by atoms with E-state index in [4.69, 9.17) is 0 Å². The Morgan fingerprint density at radius 2 is 2.08 bits per heavy atom. The van der Waals surface area contributed by atoms with Crippen LogP contribution in [0.5, 0.6) is 0 Å². The van der Waals surface area contributed by atoms with Gasteiger partial charge in [-0.25, -0.2) is 9.78 Å². The molecule has 1 amide bonds. The molecule has 1 N–H and O–H groups in total. The lowest BCUT2D eigenvalue weighted by atomic mass is 10.0. The molecule has 2 aromatic heterocycles. The summed E-state index contributed by atoms with van der Waals surface area (Å²) in [7, 11) is 0. The topological polar surface area (TPSA) is 96.8 Å². The van der Waals surface area contributed by atoms with Gasteiger partial charge in [-0.05, 0) is 39.2 Å². The number of rotatable bonds is 4. The number of aromatic amines is 1. The average molecular weight is 358 g/mol. The largest absolute Gasteiger partial charge is 0.348 e. The van der Waals surface area contributed by atoms with Gasteiger partial charge in [-0.2, -0.15) is 10.1 Å². The molecule has 3 rings (SSSR count). The molecule has 8 heteroatoms. The zero-order chi connectivity index (χ0) is 18.8. The lowest BCUT2D eigenvalue weighted by Gasteiger charge is -2.34. The molecular weight excluding hydrogens is 332 g/mol. The molecule has 26 heavy (non-hydrogen) atoms. The normalized spacial score (nSPS) is 17.7. The van der Waals surface area contributed by atoms with E-state index in [0.29, 0.717) is 12.2 Å². The van der Waals surface area contributed by atoms with Gasteiger partial charge in [-0.1, -0.05) is 13.8 Å². The number of nitrogens with zero attached hydrogens (tertiary/aromatic N) is 5. The molecule has 2 aromatic rings. The molecule has 0 aromatic carbocycles. The summed E-state index contributed by atoms with van der Waals surface area (Å²) in [6.07, 6.45) is 2.84. The first kappa shape index (κ1) is 18.3. The van der Waals surface area contributed by atoms with Gasteiger partial charge in [0.15, 0.2) is 5.82 Å². The van der Waals surface area contributed by atoms with Crippen LogP contribution >= 0.6 is 0 Å². The molecule has 1 aliphatic heterocycles. The van der Waals surface area contributed by atoms with Crippen molar-refractivity contribution >= 4 is 5.91 Å². The first-order valence-corrected chi connectivity index (χ1v) is 9.13. The van der Waals surface area contributed by atoms with Crippen molar-refractivity contribution in [3.05, 3.63) is 39.6 Å². The van der Waals surface area contributed by atoms with E-state index in [1.54, 1.807) is 6.92 Å². The molecule has 0 saturated carbocycles. The van der Waals surface area contributed by atoms with E-state index >= 15 is 0 Å². The smallest absolute Gasteiger partial charge is 0.331 e. The second-order valence-corrected chi connectivity index (χ2v) is 7.24. The lowest BCUT2D eigenvalue weighted by Crippen LogP contribution is -2.42. The number of amides is 1. The molecule has 0 radical (unpaired) electrons. The predicted octanol–water partition coefficient (Wildman–Crippen LogP) is 1.86. The van der Waals surface area contributed by atoms with Gasteiger partial charge < -0.3 is 4.90 Å². The van der Waals surface area contributed by atoms with Crippen LogP contribution in [-0.4, -0.2) is 42.1 Å². The Balaban J connectivity index is 1.83. The maximum Gasteiger partial charge on any atom is 0.348 e. The Morgan fingerprint density at radius 3 is 2.73 bits per heavy atom. The summed E-state index contributed by atoms with van der Waals surface area (Å²) in [6.45, 7) is 8.33. The predicted molar refractivity (Wildman–Crippen MR) is 96.7 cm³/mol. The molecule has 1 aliphatic rings. The molecular formula is C18H26N6O2. The maximum absolute atomic E-state index is 13.0. The minimum atomic E-state index is -0.383. The fourth-order valence-electron chi connectivity index (χ4n) is 3.40. The van der Waals surface area contributed by atoms with Crippen LogP contribution in [0.3, 0.4) is 0 Å². The van der Waals surface area contributed by atoms with Gasteiger partial charge in [0.25, 0.3) is 0 Å². The van der Waals surface area contributed by atoms with Crippen LogP contribution in [0.2, 0.25) is 0 Å². The maximum atomic E-state index is 13.0. The number of aryl methyl sites for hydroxylation is 2. The van der Waals surface area contributed by atoms with E-state index in [2.05, 4.69) is 20.2 Å². The van der Waals surface area contributed by atoms with Crippen LogP contribution in [0.4, 0.5) is 0 Å². The Morgan fingerprint density at radius 1 is 1.31 bits per heavy atom. The second-order valence-electron chi connectivity index (χ2n) is 7.24.